The number of carbonyl (C=O) groups excluding carboxylic acids is 1. The Morgan fingerprint density at radius 3 is 2.42 bits per heavy atom. The van der Waals surface area contributed by atoms with Crippen molar-refractivity contribution in [2.24, 2.45) is 0 Å². The van der Waals surface area contributed by atoms with Crippen LogP contribution in [0.15, 0.2) is 42.5 Å². The van der Waals surface area contributed by atoms with Crippen LogP contribution in [0.5, 0.6) is 11.5 Å². The average molecular weight is 377 g/mol. The Morgan fingerprint density at radius 2 is 1.81 bits per heavy atom. The number of methoxy groups -OCH3 is 2. The van der Waals surface area contributed by atoms with Gasteiger partial charge in [-0.2, -0.15) is 0 Å². The Morgan fingerprint density at radius 1 is 1.12 bits per heavy atom. The number of carbonyl (C=O) groups is 1. The molecule has 2 aromatic carbocycles. The predicted molar refractivity (Wildman–Crippen MR) is 105 cm³/mol. The number of ether oxygens (including phenoxy) is 2. The number of nitrogens with one attached hydrogen (secondary N) is 1. The maximum Gasteiger partial charge on any atom is 0.238 e. The average Bonchev–Trinajstić information content (AvgIpc) is 2.63. The van der Waals surface area contributed by atoms with E-state index in [0.29, 0.717) is 22.2 Å². The highest BCUT2D eigenvalue weighted by molar-refractivity contribution is 6.32. The summed E-state index contributed by atoms with van der Waals surface area (Å²) in [6.07, 6.45) is 0.970. The molecule has 0 aliphatic heterocycles. The fourth-order valence-corrected chi connectivity index (χ4v) is 2.96. The fourth-order valence-electron chi connectivity index (χ4n) is 2.72. The van der Waals surface area contributed by atoms with Crippen molar-refractivity contribution in [3.05, 3.63) is 53.1 Å². The Kier molecular flexibility index (Phi) is 7.75. The van der Waals surface area contributed by atoms with Gasteiger partial charge in [-0.3, -0.25) is 9.69 Å². The van der Waals surface area contributed by atoms with E-state index in [-0.39, 0.29) is 12.5 Å². The van der Waals surface area contributed by atoms with Gasteiger partial charge in [0.05, 0.1) is 31.5 Å². The maximum atomic E-state index is 12.5. The van der Waals surface area contributed by atoms with Gasteiger partial charge in [-0.25, -0.2) is 0 Å². The van der Waals surface area contributed by atoms with Gasteiger partial charge < -0.3 is 14.8 Å². The van der Waals surface area contributed by atoms with E-state index >= 15 is 0 Å². The van der Waals surface area contributed by atoms with Crippen LogP contribution in [0.2, 0.25) is 5.02 Å². The van der Waals surface area contributed by atoms with Crippen molar-refractivity contribution in [2.75, 3.05) is 32.6 Å². The van der Waals surface area contributed by atoms with Gasteiger partial charge in [0.2, 0.25) is 5.91 Å². The lowest BCUT2D eigenvalue weighted by Crippen LogP contribution is -2.33. The second kappa shape index (κ2) is 10.0. The number of rotatable bonds is 9. The zero-order chi connectivity index (χ0) is 18.9. The number of hydrogen-bond donors (Lipinski definition) is 1. The zero-order valence-corrected chi connectivity index (χ0v) is 16.2. The summed E-state index contributed by atoms with van der Waals surface area (Å²) < 4.78 is 10.5. The quantitative estimate of drug-likeness (QED) is 0.712. The first-order valence-corrected chi connectivity index (χ1v) is 8.92. The summed E-state index contributed by atoms with van der Waals surface area (Å²) in [5.74, 6) is 0.886. The van der Waals surface area contributed by atoms with E-state index in [1.54, 1.807) is 12.1 Å². The number of hydrogen-bond acceptors (Lipinski definition) is 4. The molecule has 2 rings (SSSR count). The summed E-state index contributed by atoms with van der Waals surface area (Å²) in [4.78, 5) is 14.7. The van der Waals surface area contributed by atoms with E-state index in [0.717, 1.165) is 19.5 Å². The van der Waals surface area contributed by atoms with Crippen LogP contribution in [-0.2, 0) is 11.3 Å². The van der Waals surface area contributed by atoms with Gasteiger partial charge in [-0.05, 0) is 24.6 Å². The molecule has 1 N–H and O–H groups in total. The molecule has 6 heteroatoms. The van der Waals surface area contributed by atoms with Crippen molar-refractivity contribution in [1.29, 1.82) is 0 Å². The highest BCUT2D eigenvalue weighted by Crippen LogP contribution is 2.35. The van der Waals surface area contributed by atoms with E-state index < -0.39 is 0 Å². The van der Waals surface area contributed by atoms with E-state index in [9.17, 15) is 4.79 Å². The van der Waals surface area contributed by atoms with E-state index in [4.69, 9.17) is 21.1 Å². The molecule has 0 aliphatic rings. The first kappa shape index (κ1) is 20.1. The normalized spacial score (nSPS) is 10.7. The summed E-state index contributed by atoms with van der Waals surface area (Å²) in [6, 6.07) is 13.4. The van der Waals surface area contributed by atoms with Crippen molar-refractivity contribution >= 4 is 23.2 Å². The Bertz CT molecular complexity index is 722. The van der Waals surface area contributed by atoms with Crippen LogP contribution in [-0.4, -0.2) is 38.1 Å². The van der Waals surface area contributed by atoms with Crippen molar-refractivity contribution < 1.29 is 14.3 Å². The van der Waals surface area contributed by atoms with Crippen LogP contribution in [0.3, 0.4) is 0 Å². The van der Waals surface area contributed by atoms with Gasteiger partial charge in [0, 0.05) is 12.6 Å². The third kappa shape index (κ3) is 5.64. The highest BCUT2D eigenvalue weighted by Gasteiger charge is 2.15. The summed E-state index contributed by atoms with van der Waals surface area (Å²) in [7, 11) is 3.07. The van der Waals surface area contributed by atoms with Gasteiger partial charge in [-0.1, -0.05) is 48.9 Å². The number of halogens is 1. The largest absolute Gasteiger partial charge is 0.495 e. The van der Waals surface area contributed by atoms with Crippen LogP contribution in [0.25, 0.3) is 0 Å². The number of benzene rings is 2. The summed E-state index contributed by atoms with van der Waals surface area (Å²) in [6.45, 7) is 3.95. The SMILES string of the molecule is CCCN(CC(=O)Nc1cc(Cl)c(OC)cc1OC)Cc1ccccc1. The van der Waals surface area contributed by atoms with Crippen molar-refractivity contribution in [3.63, 3.8) is 0 Å². The molecule has 2 aromatic rings. The minimum atomic E-state index is -0.117. The summed E-state index contributed by atoms with van der Waals surface area (Å²) in [5, 5.41) is 3.30. The number of nitrogens with zero attached hydrogens (tertiary/aromatic N) is 1. The molecular formula is C20H25ClN2O3. The zero-order valence-electron chi connectivity index (χ0n) is 15.4. The number of amides is 1. The second-order valence-electron chi connectivity index (χ2n) is 5.93. The van der Waals surface area contributed by atoms with Crippen molar-refractivity contribution in [2.45, 2.75) is 19.9 Å². The van der Waals surface area contributed by atoms with Crippen LogP contribution in [0.1, 0.15) is 18.9 Å². The Balaban J connectivity index is 2.07. The molecule has 0 saturated heterocycles. The topological polar surface area (TPSA) is 50.8 Å². The third-order valence-electron chi connectivity index (χ3n) is 3.90. The van der Waals surface area contributed by atoms with Gasteiger partial charge in [0.25, 0.3) is 0 Å². The minimum Gasteiger partial charge on any atom is -0.495 e. The molecule has 5 nitrogen and oxygen atoms in total. The maximum absolute atomic E-state index is 12.5. The van der Waals surface area contributed by atoms with Gasteiger partial charge in [-0.15, -0.1) is 0 Å². The molecule has 0 atom stereocenters. The lowest BCUT2D eigenvalue weighted by Gasteiger charge is -2.21. The Hall–Kier alpha value is -2.24. The minimum absolute atomic E-state index is 0.117. The van der Waals surface area contributed by atoms with Gasteiger partial charge in [0.1, 0.15) is 11.5 Å². The molecule has 0 bridgehead atoms. The molecule has 0 saturated carbocycles. The first-order valence-electron chi connectivity index (χ1n) is 8.55. The van der Waals surface area contributed by atoms with E-state index in [2.05, 4.69) is 29.3 Å². The molecule has 0 aliphatic carbocycles. The van der Waals surface area contributed by atoms with E-state index in [1.165, 1.54) is 19.8 Å². The van der Waals surface area contributed by atoms with E-state index in [1.807, 2.05) is 18.2 Å². The third-order valence-corrected chi connectivity index (χ3v) is 4.20. The number of anilines is 1. The van der Waals surface area contributed by atoms with Crippen molar-refractivity contribution in [1.82, 2.24) is 4.90 Å². The summed E-state index contributed by atoms with van der Waals surface area (Å²) >= 11 is 6.16. The van der Waals surface area contributed by atoms with Crippen molar-refractivity contribution in [3.8, 4) is 11.5 Å². The van der Waals surface area contributed by atoms with Crippen LogP contribution < -0.4 is 14.8 Å². The monoisotopic (exact) mass is 376 g/mol. The molecule has 0 aromatic heterocycles. The standard InChI is InChI=1S/C20H25ClN2O3/c1-4-10-23(13-15-8-6-5-7-9-15)14-20(24)22-17-11-16(21)18(25-2)12-19(17)26-3/h5-9,11-12H,4,10,13-14H2,1-3H3,(H,22,24). The molecule has 0 unspecified atom stereocenters. The van der Waals surface area contributed by atoms with Gasteiger partial charge in [0.15, 0.2) is 0 Å². The molecular weight excluding hydrogens is 352 g/mol. The smallest absolute Gasteiger partial charge is 0.238 e. The first-order chi connectivity index (χ1) is 12.6. The summed E-state index contributed by atoms with van der Waals surface area (Å²) in [5.41, 5.74) is 1.71. The van der Waals surface area contributed by atoms with Crippen LogP contribution in [0, 0.1) is 0 Å². The molecule has 0 heterocycles. The lowest BCUT2D eigenvalue weighted by atomic mass is 10.2. The molecule has 26 heavy (non-hydrogen) atoms. The van der Waals surface area contributed by atoms with Crippen LogP contribution in [0.4, 0.5) is 5.69 Å². The van der Waals surface area contributed by atoms with Gasteiger partial charge >= 0.3 is 0 Å². The van der Waals surface area contributed by atoms with Crippen LogP contribution >= 0.6 is 11.6 Å². The molecule has 140 valence electrons. The second-order valence-corrected chi connectivity index (χ2v) is 6.34. The lowest BCUT2D eigenvalue weighted by molar-refractivity contribution is -0.117. The molecule has 0 radical (unpaired) electrons. The predicted octanol–water partition coefficient (Wildman–Crippen LogP) is 4.21. The molecule has 1 amide bonds. The Labute approximate surface area is 159 Å². The highest BCUT2D eigenvalue weighted by atomic mass is 35.5. The molecule has 0 spiro atoms. The fraction of sp³-hybridized carbons (Fsp3) is 0.350. The molecule has 0 fully saturated rings.